The Labute approximate surface area is 108 Å². The molecule has 6 nitrogen and oxygen atoms in total. The highest BCUT2D eigenvalue weighted by molar-refractivity contribution is 7.98. The number of aromatic nitrogens is 6. The Hall–Kier alpha value is -1.89. The van der Waals surface area contributed by atoms with Crippen molar-refractivity contribution in [1.29, 1.82) is 0 Å². The number of nitrogens with one attached hydrogen (secondary N) is 1. The fourth-order valence-corrected chi connectivity index (χ4v) is 2.46. The van der Waals surface area contributed by atoms with E-state index in [1.807, 2.05) is 23.6 Å². The number of rotatable bonds is 3. The van der Waals surface area contributed by atoms with Crippen molar-refractivity contribution in [3.05, 3.63) is 35.5 Å². The average molecular weight is 260 g/mol. The number of hydrogen-bond donors (Lipinski definition) is 1. The molecule has 0 saturated heterocycles. The third kappa shape index (κ3) is 2.08. The third-order valence-corrected chi connectivity index (χ3v) is 3.50. The zero-order valence-electron chi connectivity index (χ0n) is 10.1. The molecule has 0 amide bonds. The molecule has 3 aromatic rings. The summed E-state index contributed by atoms with van der Waals surface area (Å²) in [6.45, 7) is 4.03. The molecule has 3 heterocycles. The Morgan fingerprint density at radius 3 is 3.00 bits per heavy atom. The highest BCUT2D eigenvalue weighted by atomic mass is 32.2. The van der Waals surface area contributed by atoms with E-state index in [0.717, 1.165) is 33.6 Å². The standard InChI is InChI=1S/C11H12N6S/c1-7-3-8(2)17-5-9(14-11(17)13-7)6-18-10-4-12-16-15-10/h3-5H,6H2,1-2H3,(H,12,15,16). The first-order valence-electron chi connectivity index (χ1n) is 5.53. The van der Waals surface area contributed by atoms with E-state index >= 15 is 0 Å². The Bertz CT molecular complexity index is 672. The topological polar surface area (TPSA) is 71.8 Å². The number of hydrogen-bond acceptors (Lipinski definition) is 5. The summed E-state index contributed by atoms with van der Waals surface area (Å²) in [4.78, 5) is 8.92. The van der Waals surface area contributed by atoms with Gasteiger partial charge in [-0.25, -0.2) is 9.97 Å². The smallest absolute Gasteiger partial charge is 0.234 e. The van der Waals surface area contributed by atoms with Crippen LogP contribution in [0, 0.1) is 13.8 Å². The van der Waals surface area contributed by atoms with Crippen LogP contribution in [0.5, 0.6) is 0 Å². The second-order valence-electron chi connectivity index (χ2n) is 4.04. The zero-order chi connectivity index (χ0) is 12.5. The van der Waals surface area contributed by atoms with Gasteiger partial charge in [-0.3, -0.25) is 4.40 Å². The van der Waals surface area contributed by atoms with Crippen LogP contribution in [0.15, 0.2) is 23.5 Å². The number of nitrogens with zero attached hydrogens (tertiary/aromatic N) is 5. The van der Waals surface area contributed by atoms with E-state index in [9.17, 15) is 0 Å². The fourth-order valence-electron chi connectivity index (χ4n) is 1.80. The number of fused-ring (bicyclic) bond motifs is 1. The van der Waals surface area contributed by atoms with Crippen LogP contribution in [0.2, 0.25) is 0 Å². The van der Waals surface area contributed by atoms with Gasteiger partial charge >= 0.3 is 0 Å². The fraction of sp³-hybridized carbons (Fsp3) is 0.273. The minimum absolute atomic E-state index is 0.753. The second kappa shape index (κ2) is 4.41. The van der Waals surface area contributed by atoms with Crippen molar-refractivity contribution < 1.29 is 0 Å². The summed E-state index contributed by atoms with van der Waals surface area (Å²) < 4.78 is 2.01. The Morgan fingerprint density at radius 2 is 2.22 bits per heavy atom. The molecule has 18 heavy (non-hydrogen) atoms. The molecule has 0 saturated carbocycles. The van der Waals surface area contributed by atoms with Crippen molar-refractivity contribution >= 4 is 17.5 Å². The molecule has 0 fully saturated rings. The maximum atomic E-state index is 4.51. The Balaban J connectivity index is 1.87. The summed E-state index contributed by atoms with van der Waals surface area (Å²) in [7, 11) is 0. The molecular weight excluding hydrogens is 248 g/mol. The molecule has 0 radical (unpaired) electrons. The molecule has 92 valence electrons. The van der Waals surface area contributed by atoms with Crippen LogP contribution >= 0.6 is 11.8 Å². The summed E-state index contributed by atoms with van der Waals surface area (Å²) in [5, 5.41) is 11.2. The van der Waals surface area contributed by atoms with Crippen molar-refractivity contribution in [3.8, 4) is 0 Å². The zero-order valence-corrected chi connectivity index (χ0v) is 10.9. The largest absolute Gasteiger partial charge is 0.288 e. The Morgan fingerprint density at radius 1 is 1.33 bits per heavy atom. The van der Waals surface area contributed by atoms with Crippen molar-refractivity contribution in [2.75, 3.05) is 0 Å². The van der Waals surface area contributed by atoms with E-state index in [2.05, 4.69) is 32.3 Å². The van der Waals surface area contributed by atoms with Gasteiger partial charge in [0, 0.05) is 23.3 Å². The van der Waals surface area contributed by atoms with Crippen LogP contribution < -0.4 is 0 Å². The van der Waals surface area contributed by atoms with Crippen molar-refractivity contribution in [3.63, 3.8) is 0 Å². The molecule has 7 heteroatoms. The quantitative estimate of drug-likeness (QED) is 0.726. The molecule has 0 spiro atoms. The van der Waals surface area contributed by atoms with Gasteiger partial charge in [-0.1, -0.05) is 11.8 Å². The lowest BCUT2D eigenvalue weighted by atomic mass is 10.3. The summed E-state index contributed by atoms with van der Waals surface area (Å²) in [5.41, 5.74) is 3.12. The molecule has 0 atom stereocenters. The molecule has 3 aromatic heterocycles. The molecule has 1 N–H and O–H groups in total. The van der Waals surface area contributed by atoms with E-state index in [-0.39, 0.29) is 0 Å². The molecular formula is C11H12N6S. The number of thioether (sulfide) groups is 1. The third-order valence-electron chi connectivity index (χ3n) is 2.57. The normalized spacial score (nSPS) is 11.2. The molecule has 0 unspecified atom stereocenters. The average Bonchev–Trinajstić information content (AvgIpc) is 2.93. The van der Waals surface area contributed by atoms with Gasteiger partial charge in [0.1, 0.15) is 5.03 Å². The number of H-pyrrole nitrogens is 1. The summed E-state index contributed by atoms with van der Waals surface area (Å²) in [6.07, 6.45) is 3.72. The number of aromatic amines is 1. The predicted octanol–water partition coefficient (Wildman–Crippen LogP) is 1.76. The highest BCUT2D eigenvalue weighted by Crippen LogP contribution is 2.19. The van der Waals surface area contributed by atoms with E-state index < -0.39 is 0 Å². The first-order chi connectivity index (χ1) is 8.72. The van der Waals surface area contributed by atoms with Crippen molar-refractivity contribution in [1.82, 2.24) is 29.8 Å². The molecule has 0 aliphatic rings. The number of aryl methyl sites for hydroxylation is 2. The SMILES string of the molecule is Cc1cc(C)n2cc(CSc3cn[nH]n3)nc2n1. The van der Waals surface area contributed by atoms with Gasteiger partial charge in [0.25, 0.3) is 0 Å². The minimum atomic E-state index is 0.753. The molecule has 0 aliphatic carbocycles. The summed E-state index contributed by atoms with van der Waals surface area (Å²) in [6, 6.07) is 2.04. The van der Waals surface area contributed by atoms with Gasteiger partial charge in [0.15, 0.2) is 0 Å². The van der Waals surface area contributed by atoms with Gasteiger partial charge in [0.05, 0.1) is 11.9 Å². The lowest BCUT2D eigenvalue weighted by molar-refractivity contribution is 0.911. The van der Waals surface area contributed by atoms with Gasteiger partial charge in [-0.15, -0.1) is 5.10 Å². The second-order valence-corrected chi connectivity index (χ2v) is 5.03. The van der Waals surface area contributed by atoms with Gasteiger partial charge in [-0.2, -0.15) is 10.3 Å². The van der Waals surface area contributed by atoms with E-state index in [1.165, 1.54) is 0 Å². The van der Waals surface area contributed by atoms with Crippen molar-refractivity contribution in [2.45, 2.75) is 24.6 Å². The van der Waals surface area contributed by atoms with E-state index in [1.54, 1.807) is 18.0 Å². The first-order valence-corrected chi connectivity index (χ1v) is 6.52. The monoisotopic (exact) mass is 260 g/mol. The lowest BCUT2D eigenvalue weighted by Crippen LogP contribution is -1.94. The predicted molar refractivity (Wildman–Crippen MR) is 68.4 cm³/mol. The van der Waals surface area contributed by atoms with Crippen LogP contribution in [-0.2, 0) is 5.75 Å². The van der Waals surface area contributed by atoms with Crippen LogP contribution in [0.4, 0.5) is 0 Å². The molecule has 0 bridgehead atoms. The summed E-state index contributed by atoms with van der Waals surface area (Å²) in [5.74, 6) is 1.51. The molecule has 0 aromatic carbocycles. The van der Waals surface area contributed by atoms with E-state index in [4.69, 9.17) is 0 Å². The van der Waals surface area contributed by atoms with Gasteiger partial charge < -0.3 is 0 Å². The van der Waals surface area contributed by atoms with Gasteiger partial charge in [0.2, 0.25) is 5.78 Å². The van der Waals surface area contributed by atoms with Gasteiger partial charge in [-0.05, 0) is 19.9 Å². The Kier molecular flexibility index (Phi) is 2.75. The van der Waals surface area contributed by atoms with Crippen LogP contribution in [0.25, 0.3) is 5.78 Å². The highest BCUT2D eigenvalue weighted by Gasteiger charge is 2.07. The maximum Gasteiger partial charge on any atom is 0.234 e. The van der Waals surface area contributed by atoms with Crippen LogP contribution in [-0.4, -0.2) is 29.8 Å². The molecule has 0 aliphatic heterocycles. The number of imidazole rings is 1. The summed E-state index contributed by atoms with van der Waals surface area (Å²) >= 11 is 1.60. The molecule has 3 rings (SSSR count). The first kappa shape index (κ1) is 11.2. The van der Waals surface area contributed by atoms with Crippen LogP contribution in [0.3, 0.4) is 0 Å². The minimum Gasteiger partial charge on any atom is -0.288 e. The maximum absolute atomic E-state index is 4.51. The van der Waals surface area contributed by atoms with Crippen LogP contribution in [0.1, 0.15) is 17.1 Å². The lowest BCUT2D eigenvalue weighted by Gasteiger charge is -1.98. The van der Waals surface area contributed by atoms with Crippen molar-refractivity contribution in [2.24, 2.45) is 0 Å². The van der Waals surface area contributed by atoms with E-state index in [0.29, 0.717) is 0 Å².